The first-order valence-corrected chi connectivity index (χ1v) is 13.4. The predicted molar refractivity (Wildman–Crippen MR) is 141 cm³/mol. The fraction of sp³-hybridized carbons (Fsp3) is 0.552. The Balaban J connectivity index is 1.26. The van der Waals surface area contributed by atoms with E-state index in [1.807, 2.05) is 32.0 Å². The van der Waals surface area contributed by atoms with Crippen LogP contribution in [0.25, 0.3) is 0 Å². The van der Waals surface area contributed by atoms with E-state index in [2.05, 4.69) is 9.80 Å². The fourth-order valence-electron chi connectivity index (χ4n) is 5.64. The molecule has 196 valence electrons. The summed E-state index contributed by atoms with van der Waals surface area (Å²) in [5, 5.41) is 0.739. The van der Waals surface area contributed by atoms with Gasteiger partial charge in [0.2, 0.25) is 0 Å². The Morgan fingerprint density at radius 2 is 1.72 bits per heavy atom. The third kappa shape index (κ3) is 6.58. The van der Waals surface area contributed by atoms with Crippen LogP contribution in [0.4, 0.5) is 4.39 Å². The van der Waals surface area contributed by atoms with Gasteiger partial charge >= 0.3 is 5.97 Å². The maximum atomic E-state index is 13.4. The molecule has 1 atom stereocenters. The minimum absolute atomic E-state index is 0.233. The van der Waals surface area contributed by atoms with E-state index < -0.39 is 5.54 Å². The number of aryl methyl sites for hydroxylation is 1. The van der Waals surface area contributed by atoms with E-state index in [9.17, 15) is 9.18 Å². The zero-order valence-corrected chi connectivity index (χ0v) is 22.4. The van der Waals surface area contributed by atoms with Gasteiger partial charge in [0.25, 0.3) is 0 Å². The van der Waals surface area contributed by atoms with Gasteiger partial charge in [0, 0.05) is 31.1 Å². The molecule has 0 N–H and O–H groups in total. The van der Waals surface area contributed by atoms with Crippen molar-refractivity contribution in [3.05, 3.63) is 64.4 Å². The maximum Gasteiger partial charge on any atom is 0.326 e. The van der Waals surface area contributed by atoms with Crippen molar-refractivity contribution >= 4 is 17.6 Å². The van der Waals surface area contributed by atoms with Crippen molar-refractivity contribution in [1.82, 2.24) is 9.80 Å². The third-order valence-electron chi connectivity index (χ3n) is 7.88. The van der Waals surface area contributed by atoms with E-state index in [0.29, 0.717) is 12.3 Å². The van der Waals surface area contributed by atoms with Gasteiger partial charge in [-0.3, -0.25) is 9.69 Å². The molecule has 0 spiro atoms. The third-order valence-corrected chi connectivity index (χ3v) is 8.12. The van der Waals surface area contributed by atoms with Crippen molar-refractivity contribution in [1.29, 1.82) is 0 Å². The Bertz CT molecular complexity index is 1020. The van der Waals surface area contributed by atoms with Crippen molar-refractivity contribution in [2.45, 2.75) is 57.6 Å². The monoisotopic (exact) mass is 516 g/mol. The van der Waals surface area contributed by atoms with Crippen LogP contribution in [0.5, 0.6) is 5.75 Å². The molecule has 36 heavy (non-hydrogen) atoms. The molecule has 2 aliphatic heterocycles. The van der Waals surface area contributed by atoms with Gasteiger partial charge in [-0.1, -0.05) is 23.7 Å². The average Bonchev–Trinajstić information content (AvgIpc) is 2.88. The van der Waals surface area contributed by atoms with Gasteiger partial charge in [-0.05, 0) is 100.0 Å². The van der Waals surface area contributed by atoms with Crippen LogP contribution in [0.15, 0.2) is 42.5 Å². The minimum Gasteiger partial charge on any atom is -0.490 e. The van der Waals surface area contributed by atoms with Crippen LogP contribution in [-0.4, -0.2) is 67.2 Å². The lowest BCUT2D eigenvalue weighted by atomic mass is 9.86. The summed E-state index contributed by atoms with van der Waals surface area (Å²) in [6.45, 7) is 8.88. The Kier molecular flexibility index (Phi) is 8.91. The second-order valence-electron chi connectivity index (χ2n) is 10.5. The van der Waals surface area contributed by atoms with Crippen molar-refractivity contribution in [2.75, 3.05) is 39.8 Å². The topological polar surface area (TPSA) is 42.0 Å². The summed E-state index contributed by atoms with van der Waals surface area (Å²) in [7, 11) is 1.44. The zero-order valence-electron chi connectivity index (χ0n) is 21.6. The number of benzene rings is 2. The molecule has 7 heteroatoms. The molecule has 2 saturated heterocycles. The van der Waals surface area contributed by atoms with Gasteiger partial charge in [0.05, 0.1) is 7.11 Å². The second-order valence-corrected chi connectivity index (χ2v) is 11.0. The minimum atomic E-state index is -0.757. The van der Waals surface area contributed by atoms with E-state index in [1.54, 1.807) is 12.1 Å². The molecular weight excluding hydrogens is 479 g/mol. The van der Waals surface area contributed by atoms with Crippen molar-refractivity contribution in [3.63, 3.8) is 0 Å². The van der Waals surface area contributed by atoms with Crippen LogP contribution in [0, 0.1) is 18.7 Å². The first-order chi connectivity index (χ1) is 17.3. The summed E-state index contributed by atoms with van der Waals surface area (Å²) < 4.78 is 24.8. The number of hydrogen-bond donors (Lipinski definition) is 0. The van der Waals surface area contributed by atoms with Crippen molar-refractivity contribution in [2.24, 2.45) is 5.92 Å². The molecule has 0 amide bonds. The summed E-state index contributed by atoms with van der Waals surface area (Å²) in [4.78, 5) is 17.7. The van der Waals surface area contributed by atoms with Crippen LogP contribution in [-0.2, 0) is 16.0 Å². The van der Waals surface area contributed by atoms with Gasteiger partial charge < -0.3 is 14.4 Å². The molecule has 5 nitrogen and oxygen atoms in total. The van der Waals surface area contributed by atoms with Crippen LogP contribution >= 0.6 is 11.6 Å². The number of esters is 1. The molecule has 2 aliphatic rings. The number of piperidine rings is 2. The van der Waals surface area contributed by atoms with Gasteiger partial charge in [-0.25, -0.2) is 4.39 Å². The summed E-state index contributed by atoms with van der Waals surface area (Å²) in [6, 6.07) is 12.2. The van der Waals surface area contributed by atoms with E-state index in [4.69, 9.17) is 21.1 Å². The number of nitrogens with zero attached hydrogens (tertiary/aromatic N) is 2. The molecular formula is C29H38ClFN2O3. The van der Waals surface area contributed by atoms with Crippen LogP contribution in [0.2, 0.25) is 5.02 Å². The highest BCUT2D eigenvalue weighted by atomic mass is 35.5. The molecule has 0 radical (unpaired) electrons. The predicted octanol–water partition coefficient (Wildman–Crippen LogP) is 5.52. The number of carbonyl (C=O) groups is 1. The lowest BCUT2D eigenvalue weighted by Crippen LogP contribution is -2.57. The molecule has 2 aromatic rings. The number of ether oxygens (including phenoxy) is 2. The maximum absolute atomic E-state index is 13.4. The molecule has 0 aliphatic carbocycles. The lowest BCUT2D eigenvalue weighted by Gasteiger charge is -2.44. The van der Waals surface area contributed by atoms with Crippen LogP contribution in [0.3, 0.4) is 0 Å². The van der Waals surface area contributed by atoms with Crippen molar-refractivity contribution < 1.29 is 18.7 Å². The number of likely N-dealkylation sites (tertiary alicyclic amines) is 2. The Hall–Kier alpha value is -2.15. The highest BCUT2D eigenvalue weighted by Crippen LogP contribution is 2.30. The highest BCUT2D eigenvalue weighted by molar-refractivity contribution is 6.30. The Labute approximate surface area is 219 Å². The van der Waals surface area contributed by atoms with E-state index in [0.717, 1.165) is 80.3 Å². The lowest BCUT2D eigenvalue weighted by molar-refractivity contribution is -0.155. The molecule has 0 aromatic heterocycles. The normalized spacial score (nSPS) is 20.1. The fourth-order valence-corrected chi connectivity index (χ4v) is 5.87. The summed E-state index contributed by atoms with van der Waals surface area (Å²) in [5.74, 6) is 1.04. The van der Waals surface area contributed by atoms with Crippen molar-refractivity contribution in [3.8, 4) is 5.75 Å². The van der Waals surface area contributed by atoms with E-state index in [-0.39, 0.29) is 17.9 Å². The number of carbonyl (C=O) groups excluding carboxylic acids is 1. The number of methoxy groups -OCH3 is 1. The van der Waals surface area contributed by atoms with Gasteiger partial charge in [0.1, 0.15) is 23.2 Å². The number of halogens is 2. The molecule has 2 fully saturated rings. The van der Waals surface area contributed by atoms with Gasteiger partial charge in [-0.2, -0.15) is 0 Å². The SMILES string of the molecule is COC(=O)[C@](C)(Cc1ccc(F)cc1)N1CCC(CN2CCC(Oc3ccc(Cl)cc3C)CC2)CC1. The smallest absolute Gasteiger partial charge is 0.326 e. The molecule has 0 saturated carbocycles. The standard InChI is InChI=1S/C29H38ClFN2O3/c1-21-18-24(30)6-9-27(21)36-26-12-14-32(15-13-26)20-23-10-16-33(17-11-23)29(2,28(34)35-3)19-22-4-7-25(31)8-5-22/h4-9,18,23,26H,10-17,19-20H2,1-3H3/t29-/m0/s1. The zero-order chi connectivity index (χ0) is 25.7. The molecule has 2 aromatic carbocycles. The van der Waals surface area contributed by atoms with E-state index in [1.165, 1.54) is 19.2 Å². The Morgan fingerprint density at radius 1 is 1.06 bits per heavy atom. The molecule has 4 rings (SSSR count). The van der Waals surface area contributed by atoms with E-state index >= 15 is 0 Å². The quantitative estimate of drug-likeness (QED) is 0.432. The van der Waals surface area contributed by atoms with Crippen LogP contribution < -0.4 is 4.74 Å². The summed E-state index contributed by atoms with van der Waals surface area (Å²) >= 11 is 6.07. The Morgan fingerprint density at radius 3 is 2.33 bits per heavy atom. The summed E-state index contributed by atoms with van der Waals surface area (Å²) in [6.07, 6.45) is 4.91. The first-order valence-electron chi connectivity index (χ1n) is 13.0. The van der Waals surface area contributed by atoms with Crippen LogP contribution in [0.1, 0.15) is 43.7 Å². The molecule has 2 heterocycles. The molecule has 0 bridgehead atoms. The highest BCUT2D eigenvalue weighted by Gasteiger charge is 2.42. The average molecular weight is 517 g/mol. The van der Waals surface area contributed by atoms with Gasteiger partial charge in [0.15, 0.2) is 0 Å². The number of rotatable bonds is 8. The summed E-state index contributed by atoms with van der Waals surface area (Å²) in [5.41, 5.74) is 1.26. The first kappa shape index (κ1) is 26.9. The van der Waals surface area contributed by atoms with Gasteiger partial charge in [-0.15, -0.1) is 0 Å². The number of hydrogen-bond acceptors (Lipinski definition) is 5. The largest absolute Gasteiger partial charge is 0.490 e. The molecule has 0 unspecified atom stereocenters. The second kappa shape index (κ2) is 11.9.